The first kappa shape index (κ1) is 29.7. The van der Waals surface area contributed by atoms with Crippen molar-refractivity contribution in [2.75, 3.05) is 24.7 Å². The van der Waals surface area contributed by atoms with Crippen molar-refractivity contribution < 1.29 is 23.9 Å². The lowest BCUT2D eigenvalue weighted by molar-refractivity contribution is -0.157. The maximum atomic E-state index is 13.2. The summed E-state index contributed by atoms with van der Waals surface area (Å²) < 4.78 is 5.51. The predicted octanol–water partition coefficient (Wildman–Crippen LogP) is 4.17. The van der Waals surface area contributed by atoms with Crippen LogP contribution in [0.1, 0.15) is 56.8 Å². The van der Waals surface area contributed by atoms with E-state index in [1.54, 1.807) is 31.7 Å². The molecule has 0 radical (unpaired) electrons. The second-order valence-electron chi connectivity index (χ2n) is 11.0. The van der Waals surface area contributed by atoms with E-state index < -0.39 is 29.1 Å². The number of carbonyl (C=O) groups excluding carboxylic acids is 4. The molecule has 214 valence electrons. The zero-order valence-electron chi connectivity index (χ0n) is 22.8. The van der Waals surface area contributed by atoms with Crippen LogP contribution in [0.4, 0.5) is 5.69 Å². The Hall–Kier alpha value is -3.30. The van der Waals surface area contributed by atoms with Crippen molar-refractivity contribution in [1.29, 1.82) is 0 Å². The smallest absolute Gasteiger partial charge is 0.329 e. The molecule has 2 saturated heterocycles. The van der Waals surface area contributed by atoms with Crippen LogP contribution in [0.3, 0.4) is 0 Å². The maximum Gasteiger partial charge on any atom is 0.329 e. The number of carbonyl (C=O) groups is 4. The molecule has 0 aromatic heterocycles. The summed E-state index contributed by atoms with van der Waals surface area (Å²) in [4.78, 5) is 55.9. The fourth-order valence-corrected chi connectivity index (χ4v) is 5.72. The third-order valence-electron chi connectivity index (χ3n) is 7.18. The van der Waals surface area contributed by atoms with Crippen LogP contribution in [-0.4, -0.2) is 65.5 Å². The maximum absolute atomic E-state index is 13.2. The second kappa shape index (κ2) is 12.1. The predicted molar refractivity (Wildman–Crippen MR) is 153 cm³/mol. The van der Waals surface area contributed by atoms with Crippen LogP contribution in [0.25, 0.3) is 0 Å². The molecule has 2 aliphatic rings. The summed E-state index contributed by atoms with van der Waals surface area (Å²) in [5.41, 5.74) is -0.501. The standard InChI is InChI=1S/C29H34Cl2N4O5/c1-28(2,3)40-26(38)22(33-25(37)24-20(30)10-7-11-21(24)31)12-13-23(36)34-16-14-29(15-17-34)27(39)32-18-35(29)19-8-5-4-6-9-19/h4-11,22H,12-18H2,1-3H3,(H,32,39)(H,33,37). The van der Waals surface area contributed by atoms with Crippen LogP contribution in [0.5, 0.6) is 0 Å². The highest BCUT2D eigenvalue weighted by atomic mass is 35.5. The van der Waals surface area contributed by atoms with Crippen molar-refractivity contribution in [2.45, 2.75) is 63.6 Å². The fourth-order valence-electron chi connectivity index (χ4n) is 5.15. The van der Waals surface area contributed by atoms with Crippen molar-refractivity contribution in [3.8, 4) is 0 Å². The molecule has 2 fully saturated rings. The Morgan fingerprint density at radius 2 is 1.65 bits per heavy atom. The van der Waals surface area contributed by atoms with Crippen LogP contribution < -0.4 is 15.5 Å². The summed E-state index contributed by atoms with van der Waals surface area (Å²) >= 11 is 12.4. The number of rotatable bonds is 7. The molecule has 2 N–H and O–H groups in total. The number of halogens is 2. The number of amides is 3. The van der Waals surface area contributed by atoms with Crippen LogP contribution in [-0.2, 0) is 19.1 Å². The number of nitrogens with one attached hydrogen (secondary N) is 2. The minimum atomic E-state index is -1.09. The summed E-state index contributed by atoms with van der Waals surface area (Å²) in [5, 5.41) is 5.90. The van der Waals surface area contributed by atoms with E-state index in [1.165, 1.54) is 12.1 Å². The number of nitrogens with zero attached hydrogens (tertiary/aromatic N) is 2. The molecule has 2 aromatic carbocycles. The molecular formula is C29H34Cl2N4O5. The van der Waals surface area contributed by atoms with E-state index in [9.17, 15) is 19.2 Å². The molecule has 40 heavy (non-hydrogen) atoms. The number of hydrogen-bond donors (Lipinski definition) is 2. The van der Waals surface area contributed by atoms with E-state index in [2.05, 4.69) is 15.5 Å². The van der Waals surface area contributed by atoms with Gasteiger partial charge >= 0.3 is 5.97 Å². The van der Waals surface area contributed by atoms with Gasteiger partial charge in [0.1, 0.15) is 17.2 Å². The van der Waals surface area contributed by atoms with Crippen LogP contribution >= 0.6 is 23.2 Å². The molecule has 0 saturated carbocycles. The van der Waals surface area contributed by atoms with Gasteiger partial charge in [0, 0.05) is 25.2 Å². The van der Waals surface area contributed by atoms with Gasteiger partial charge in [-0.05, 0) is 64.3 Å². The lowest BCUT2D eigenvalue weighted by atomic mass is 9.85. The summed E-state index contributed by atoms with van der Waals surface area (Å²) in [6.07, 6.45) is 0.995. The number of ether oxygens (including phenoxy) is 1. The van der Waals surface area contributed by atoms with Crippen molar-refractivity contribution >= 4 is 52.6 Å². The van der Waals surface area contributed by atoms with Gasteiger partial charge in [0.2, 0.25) is 11.8 Å². The van der Waals surface area contributed by atoms with Gasteiger partial charge in [0.15, 0.2) is 0 Å². The van der Waals surface area contributed by atoms with E-state index >= 15 is 0 Å². The molecule has 2 heterocycles. The Morgan fingerprint density at radius 1 is 1.02 bits per heavy atom. The largest absolute Gasteiger partial charge is 0.458 e. The van der Waals surface area contributed by atoms with Crippen molar-refractivity contribution in [3.05, 3.63) is 64.1 Å². The number of benzene rings is 2. The van der Waals surface area contributed by atoms with Crippen LogP contribution in [0, 0.1) is 0 Å². The van der Waals surface area contributed by atoms with Gasteiger partial charge in [0.05, 0.1) is 22.3 Å². The third-order valence-corrected chi connectivity index (χ3v) is 7.81. The first-order valence-corrected chi connectivity index (χ1v) is 14.0. The average molecular weight is 590 g/mol. The molecule has 0 bridgehead atoms. The fraction of sp³-hybridized carbons (Fsp3) is 0.448. The molecule has 1 unspecified atom stereocenters. The SMILES string of the molecule is CC(C)(C)OC(=O)C(CCC(=O)N1CCC2(CC1)C(=O)NCN2c1ccccc1)NC(=O)c1c(Cl)cccc1Cl. The van der Waals surface area contributed by atoms with Gasteiger partial charge in [-0.1, -0.05) is 47.5 Å². The normalized spacial score (nSPS) is 17.4. The number of esters is 1. The van der Waals surface area contributed by atoms with Gasteiger partial charge in [-0.2, -0.15) is 0 Å². The molecule has 11 heteroatoms. The number of piperidine rings is 1. The van der Waals surface area contributed by atoms with E-state index in [1.807, 2.05) is 30.3 Å². The molecule has 9 nitrogen and oxygen atoms in total. The van der Waals surface area contributed by atoms with Gasteiger partial charge in [-0.15, -0.1) is 0 Å². The van der Waals surface area contributed by atoms with E-state index in [-0.39, 0.29) is 40.3 Å². The summed E-state index contributed by atoms with van der Waals surface area (Å²) in [7, 11) is 0. The van der Waals surface area contributed by atoms with Crippen molar-refractivity contribution in [2.24, 2.45) is 0 Å². The Kier molecular flexibility index (Phi) is 8.95. The minimum Gasteiger partial charge on any atom is -0.458 e. The van der Waals surface area contributed by atoms with Gasteiger partial charge in [-0.25, -0.2) is 4.79 Å². The van der Waals surface area contributed by atoms with E-state index in [0.717, 1.165) is 5.69 Å². The molecule has 2 aliphatic heterocycles. The molecule has 1 atom stereocenters. The van der Waals surface area contributed by atoms with Gasteiger partial charge in [-0.3, -0.25) is 14.4 Å². The zero-order chi connectivity index (χ0) is 29.1. The Balaban J connectivity index is 1.41. The quantitative estimate of drug-likeness (QED) is 0.470. The van der Waals surface area contributed by atoms with E-state index in [4.69, 9.17) is 27.9 Å². The summed E-state index contributed by atoms with van der Waals surface area (Å²) in [5.74, 6) is -1.49. The highest BCUT2D eigenvalue weighted by Gasteiger charge is 2.50. The number of hydrogen-bond acceptors (Lipinski definition) is 6. The summed E-state index contributed by atoms with van der Waals surface area (Å²) in [6, 6.07) is 13.3. The van der Waals surface area contributed by atoms with Gasteiger partial charge in [0.25, 0.3) is 5.91 Å². The van der Waals surface area contributed by atoms with Gasteiger partial charge < -0.3 is 25.2 Å². The highest BCUT2D eigenvalue weighted by molar-refractivity contribution is 6.39. The topological polar surface area (TPSA) is 108 Å². The molecule has 1 spiro atoms. The first-order valence-electron chi connectivity index (χ1n) is 13.3. The van der Waals surface area contributed by atoms with Crippen molar-refractivity contribution in [3.63, 3.8) is 0 Å². The number of likely N-dealkylation sites (tertiary alicyclic amines) is 1. The Morgan fingerprint density at radius 3 is 2.25 bits per heavy atom. The Labute approximate surface area is 244 Å². The zero-order valence-corrected chi connectivity index (χ0v) is 24.3. The van der Waals surface area contributed by atoms with Crippen LogP contribution in [0.2, 0.25) is 10.0 Å². The average Bonchev–Trinajstić information content (AvgIpc) is 3.21. The molecule has 3 amide bonds. The lowest BCUT2D eigenvalue weighted by Gasteiger charge is -2.43. The number of para-hydroxylation sites is 1. The number of anilines is 1. The highest BCUT2D eigenvalue weighted by Crippen LogP contribution is 2.36. The lowest BCUT2D eigenvalue weighted by Crippen LogP contribution is -2.57. The van der Waals surface area contributed by atoms with Crippen molar-refractivity contribution in [1.82, 2.24) is 15.5 Å². The molecule has 2 aromatic rings. The van der Waals surface area contributed by atoms with Crippen LogP contribution in [0.15, 0.2) is 48.5 Å². The minimum absolute atomic E-state index is 0.00202. The third kappa shape index (κ3) is 6.53. The monoisotopic (exact) mass is 588 g/mol. The van der Waals surface area contributed by atoms with E-state index in [0.29, 0.717) is 32.6 Å². The second-order valence-corrected chi connectivity index (χ2v) is 11.8. The first-order chi connectivity index (χ1) is 18.9. The molecule has 4 rings (SSSR count). The molecular weight excluding hydrogens is 555 g/mol. The Bertz CT molecular complexity index is 1250. The summed E-state index contributed by atoms with van der Waals surface area (Å²) in [6.45, 7) is 6.38. The molecule has 0 aliphatic carbocycles.